The van der Waals surface area contributed by atoms with Crippen LogP contribution in [0.4, 0.5) is 4.79 Å². The van der Waals surface area contributed by atoms with Crippen molar-refractivity contribution < 1.29 is 29.0 Å². The lowest BCUT2D eigenvalue weighted by molar-refractivity contribution is -0.142. The fourth-order valence-electron chi connectivity index (χ4n) is 4.78. The van der Waals surface area contributed by atoms with Crippen LogP contribution in [0.15, 0.2) is 48.2 Å². The van der Waals surface area contributed by atoms with Crippen molar-refractivity contribution in [2.45, 2.75) is 38.8 Å². The molecule has 4 rings (SSSR count). The molecular weight excluding hydrogens is 450 g/mol. The van der Waals surface area contributed by atoms with Crippen LogP contribution in [0.5, 0.6) is 5.75 Å². The molecule has 2 aliphatic rings. The van der Waals surface area contributed by atoms with Crippen LogP contribution in [0.1, 0.15) is 42.6 Å². The molecule has 0 radical (unpaired) electrons. The third kappa shape index (κ3) is 4.58. The van der Waals surface area contributed by atoms with Crippen LogP contribution in [-0.2, 0) is 14.3 Å². The number of methoxy groups -OCH3 is 1. The first-order valence-corrected chi connectivity index (χ1v) is 11.6. The molecule has 2 fully saturated rings. The number of ether oxygens (including phenoxy) is 2. The number of amides is 2. The number of ketones is 1. The summed E-state index contributed by atoms with van der Waals surface area (Å²) in [6, 6.07) is 9.22. The lowest BCUT2D eigenvalue weighted by Crippen LogP contribution is -2.48. The molecule has 35 heavy (non-hydrogen) atoms. The summed E-state index contributed by atoms with van der Waals surface area (Å²) < 4.78 is 10.4. The van der Waals surface area contributed by atoms with Crippen LogP contribution in [0, 0.1) is 6.92 Å². The zero-order chi connectivity index (χ0) is 25.1. The highest BCUT2D eigenvalue weighted by atomic mass is 16.6. The summed E-state index contributed by atoms with van der Waals surface area (Å²) in [6.45, 7) is 4.68. The molecule has 2 amide bonds. The Balaban J connectivity index is 1.73. The van der Waals surface area contributed by atoms with Gasteiger partial charge in [-0.15, -0.1) is 0 Å². The van der Waals surface area contributed by atoms with E-state index in [-0.39, 0.29) is 30.1 Å². The number of pyridine rings is 1. The van der Waals surface area contributed by atoms with Crippen LogP contribution >= 0.6 is 0 Å². The maximum Gasteiger partial charge on any atom is 0.409 e. The predicted octanol–water partition coefficient (Wildman–Crippen LogP) is 3.44. The molecule has 9 nitrogen and oxygen atoms in total. The normalized spacial score (nSPS) is 20.3. The van der Waals surface area contributed by atoms with E-state index in [0.717, 1.165) is 5.56 Å². The van der Waals surface area contributed by atoms with Crippen molar-refractivity contribution in [1.29, 1.82) is 0 Å². The van der Waals surface area contributed by atoms with Crippen LogP contribution < -0.4 is 4.74 Å². The highest BCUT2D eigenvalue weighted by Gasteiger charge is 2.50. The summed E-state index contributed by atoms with van der Waals surface area (Å²) in [5.41, 5.74) is 1.70. The number of aromatic nitrogens is 1. The molecule has 0 bridgehead atoms. The highest BCUT2D eigenvalue weighted by molar-refractivity contribution is 6.46. The maximum absolute atomic E-state index is 13.3. The summed E-state index contributed by atoms with van der Waals surface area (Å²) >= 11 is 0. The highest BCUT2D eigenvalue weighted by Crippen LogP contribution is 2.41. The van der Waals surface area contributed by atoms with E-state index in [2.05, 4.69) is 4.98 Å². The van der Waals surface area contributed by atoms with Gasteiger partial charge in [-0.25, -0.2) is 4.79 Å². The SMILES string of the molecule is CCOC(=O)N1CCC(N2C(=O)C(=O)/C(=C(/O)c3ccc(OC)c(C)c3)C2c2ccccn2)CC1. The molecule has 1 N–H and O–H groups in total. The maximum atomic E-state index is 13.3. The van der Waals surface area contributed by atoms with Crippen molar-refractivity contribution in [3.63, 3.8) is 0 Å². The second kappa shape index (κ2) is 10.2. The summed E-state index contributed by atoms with van der Waals surface area (Å²) in [5, 5.41) is 11.3. The molecule has 1 aromatic carbocycles. The molecule has 0 saturated carbocycles. The van der Waals surface area contributed by atoms with Crippen molar-refractivity contribution in [1.82, 2.24) is 14.8 Å². The molecule has 9 heteroatoms. The Morgan fingerprint density at radius 2 is 1.91 bits per heavy atom. The second-order valence-corrected chi connectivity index (χ2v) is 8.56. The first kappa shape index (κ1) is 24.3. The number of hydrogen-bond donors (Lipinski definition) is 1. The molecule has 2 saturated heterocycles. The van der Waals surface area contributed by atoms with Crippen molar-refractivity contribution in [3.8, 4) is 5.75 Å². The van der Waals surface area contributed by atoms with Gasteiger partial charge in [0, 0.05) is 30.9 Å². The van der Waals surface area contributed by atoms with Gasteiger partial charge in [0.05, 0.1) is 25.0 Å². The summed E-state index contributed by atoms with van der Waals surface area (Å²) in [6.07, 6.45) is 2.17. The average molecular weight is 480 g/mol. The number of hydrogen-bond acceptors (Lipinski definition) is 7. The number of nitrogens with zero attached hydrogens (tertiary/aromatic N) is 3. The molecule has 184 valence electrons. The van der Waals surface area contributed by atoms with E-state index in [1.165, 1.54) is 4.90 Å². The quantitative estimate of drug-likeness (QED) is 0.397. The number of aliphatic hydroxyl groups is 1. The van der Waals surface area contributed by atoms with E-state index >= 15 is 0 Å². The van der Waals surface area contributed by atoms with Crippen molar-refractivity contribution in [3.05, 3.63) is 65.0 Å². The Morgan fingerprint density at radius 1 is 1.17 bits per heavy atom. The van der Waals surface area contributed by atoms with Crippen molar-refractivity contribution in [2.24, 2.45) is 0 Å². The van der Waals surface area contributed by atoms with Gasteiger partial charge in [-0.3, -0.25) is 14.6 Å². The van der Waals surface area contributed by atoms with Crippen LogP contribution in [0.25, 0.3) is 5.76 Å². The van der Waals surface area contributed by atoms with E-state index in [9.17, 15) is 19.5 Å². The monoisotopic (exact) mass is 479 g/mol. The molecule has 1 unspecified atom stereocenters. The average Bonchev–Trinajstić information content (AvgIpc) is 3.14. The minimum Gasteiger partial charge on any atom is -0.507 e. The largest absolute Gasteiger partial charge is 0.507 e. The minimum atomic E-state index is -0.835. The van der Waals surface area contributed by atoms with E-state index in [1.54, 1.807) is 61.5 Å². The molecule has 2 aromatic rings. The minimum absolute atomic E-state index is 0.00564. The lowest BCUT2D eigenvalue weighted by atomic mass is 9.96. The van der Waals surface area contributed by atoms with Crippen LogP contribution in [-0.4, -0.2) is 70.5 Å². The third-order valence-electron chi connectivity index (χ3n) is 6.50. The fraction of sp³-hybridized carbons (Fsp3) is 0.385. The number of rotatable bonds is 5. The molecule has 1 aromatic heterocycles. The number of Topliss-reactive ketones (excluding diaryl/α,β-unsaturated/α-hetero) is 1. The van der Waals surface area contributed by atoms with E-state index in [4.69, 9.17) is 9.47 Å². The molecule has 0 aliphatic carbocycles. The molecular formula is C26H29N3O6. The van der Waals surface area contributed by atoms with E-state index < -0.39 is 17.7 Å². The fourth-order valence-corrected chi connectivity index (χ4v) is 4.78. The van der Waals surface area contributed by atoms with Crippen LogP contribution in [0.3, 0.4) is 0 Å². The second-order valence-electron chi connectivity index (χ2n) is 8.56. The standard InChI is InChI=1S/C26H29N3O6/c1-4-35-26(33)28-13-10-18(11-14-28)29-22(19-7-5-6-12-27-19)21(24(31)25(29)32)23(30)17-8-9-20(34-3)16(2)15-17/h5-9,12,15,18,22,30H,4,10-11,13-14H2,1-3H3/b23-21+. The summed E-state index contributed by atoms with van der Waals surface area (Å²) in [7, 11) is 1.56. The van der Waals surface area contributed by atoms with Gasteiger partial charge in [0.2, 0.25) is 0 Å². The first-order chi connectivity index (χ1) is 16.9. The number of aryl methyl sites for hydroxylation is 1. The van der Waals surface area contributed by atoms with Crippen molar-refractivity contribution >= 4 is 23.5 Å². The third-order valence-corrected chi connectivity index (χ3v) is 6.50. The molecule has 0 spiro atoms. The van der Waals surface area contributed by atoms with Gasteiger partial charge in [0.25, 0.3) is 11.7 Å². The van der Waals surface area contributed by atoms with Gasteiger partial charge in [-0.2, -0.15) is 0 Å². The zero-order valence-corrected chi connectivity index (χ0v) is 20.1. The Labute approximate surface area is 204 Å². The lowest BCUT2D eigenvalue weighted by Gasteiger charge is -2.38. The van der Waals surface area contributed by atoms with Gasteiger partial charge < -0.3 is 24.4 Å². The number of likely N-dealkylation sites (tertiary alicyclic amines) is 2. The number of piperidine rings is 1. The van der Waals surface area contributed by atoms with Gasteiger partial charge in [-0.05, 0) is 62.6 Å². The first-order valence-electron chi connectivity index (χ1n) is 11.6. The zero-order valence-electron chi connectivity index (χ0n) is 20.1. The van der Waals surface area contributed by atoms with Crippen molar-refractivity contribution in [2.75, 3.05) is 26.8 Å². The van der Waals surface area contributed by atoms with Crippen LogP contribution in [0.2, 0.25) is 0 Å². The molecule has 3 heterocycles. The summed E-state index contributed by atoms with van der Waals surface area (Å²) in [5.74, 6) is -1.03. The predicted molar refractivity (Wildman–Crippen MR) is 128 cm³/mol. The Bertz CT molecular complexity index is 1150. The Hall–Kier alpha value is -3.88. The smallest absolute Gasteiger partial charge is 0.409 e. The summed E-state index contributed by atoms with van der Waals surface area (Å²) in [4.78, 5) is 46.2. The van der Waals surface area contributed by atoms with E-state index in [1.807, 2.05) is 6.92 Å². The number of carbonyl (C=O) groups is 3. The topological polar surface area (TPSA) is 109 Å². The van der Waals surface area contributed by atoms with Gasteiger partial charge in [-0.1, -0.05) is 6.07 Å². The molecule has 2 aliphatic heterocycles. The molecule has 1 atom stereocenters. The Morgan fingerprint density at radius 3 is 2.51 bits per heavy atom. The Kier molecular flexibility index (Phi) is 7.04. The van der Waals surface area contributed by atoms with Gasteiger partial charge in [0.15, 0.2) is 0 Å². The van der Waals surface area contributed by atoms with Gasteiger partial charge in [0.1, 0.15) is 17.6 Å². The number of benzene rings is 1. The number of carbonyl (C=O) groups excluding carboxylic acids is 3. The van der Waals surface area contributed by atoms with Gasteiger partial charge >= 0.3 is 6.09 Å². The number of aliphatic hydroxyl groups excluding tert-OH is 1. The van der Waals surface area contributed by atoms with E-state index in [0.29, 0.717) is 42.9 Å².